The van der Waals surface area contributed by atoms with Gasteiger partial charge in [0.05, 0.1) is 0 Å². The Morgan fingerprint density at radius 1 is 1.27 bits per heavy atom. The van der Waals surface area contributed by atoms with E-state index in [2.05, 4.69) is 48.9 Å². The highest BCUT2D eigenvalue weighted by Crippen LogP contribution is 2.32. The largest absolute Gasteiger partial charge is 0.381 e. The Kier molecular flexibility index (Phi) is 6.15. The van der Waals surface area contributed by atoms with Gasteiger partial charge in [0, 0.05) is 31.1 Å². The van der Waals surface area contributed by atoms with Gasteiger partial charge in [-0.2, -0.15) is 11.8 Å². The number of rotatable bonds is 5. The molecule has 4 nitrogen and oxygen atoms in total. The molecule has 2 rings (SSSR count). The number of hydrogen-bond donors (Lipinski definition) is 2. The van der Waals surface area contributed by atoms with Crippen LogP contribution in [0.3, 0.4) is 0 Å². The van der Waals surface area contributed by atoms with E-state index in [1.54, 1.807) is 0 Å². The normalized spacial score (nSPS) is 17.0. The summed E-state index contributed by atoms with van der Waals surface area (Å²) in [5.74, 6) is 0. The minimum absolute atomic E-state index is 0.0973. The lowest BCUT2D eigenvalue weighted by Gasteiger charge is -2.35. The van der Waals surface area contributed by atoms with Crippen molar-refractivity contribution in [1.82, 2.24) is 10.6 Å². The van der Waals surface area contributed by atoms with Crippen molar-refractivity contribution < 1.29 is 9.53 Å². The van der Waals surface area contributed by atoms with Crippen LogP contribution in [0.4, 0.5) is 4.79 Å². The Balaban J connectivity index is 1.80. The van der Waals surface area contributed by atoms with Gasteiger partial charge in [0.1, 0.15) is 0 Å². The second-order valence-electron chi connectivity index (χ2n) is 5.97. The highest BCUT2D eigenvalue weighted by molar-refractivity contribution is 8.00. The smallest absolute Gasteiger partial charge is 0.315 e. The molecule has 1 aromatic carbocycles. The van der Waals surface area contributed by atoms with Crippen LogP contribution in [0.15, 0.2) is 18.2 Å². The summed E-state index contributed by atoms with van der Waals surface area (Å²) in [7, 11) is 0. The maximum absolute atomic E-state index is 12.0. The molecular formula is C17H26N2O2S. The summed E-state index contributed by atoms with van der Waals surface area (Å²) in [5.41, 5.74) is 3.61. The number of nitrogens with one attached hydrogen (secondary N) is 2. The zero-order chi connectivity index (χ0) is 16.0. The Morgan fingerprint density at radius 2 is 2.00 bits per heavy atom. The number of hydrogen-bond acceptors (Lipinski definition) is 3. The molecule has 1 heterocycles. The molecule has 5 heteroatoms. The summed E-state index contributed by atoms with van der Waals surface area (Å²) >= 11 is 1.83. The van der Waals surface area contributed by atoms with Gasteiger partial charge in [0.15, 0.2) is 0 Å². The van der Waals surface area contributed by atoms with Gasteiger partial charge in [-0.1, -0.05) is 23.8 Å². The van der Waals surface area contributed by atoms with E-state index in [4.69, 9.17) is 4.74 Å². The lowest BCUT2D eigenvalue weighted by Crippen LogP contribution is -2.47. The fourth-order valence-corrected chi connectivity index (χ4v) is 3.51. The number of urea groups is 1. The van der Waals surface area contributed by atoms with Crippen LogP contribution in [0.25, 0.3) is 0 Å². The molecule has 0 aliphatic carbocycles. The van der Waals surface area contributed by atoms with Crippen LogP contribution in [0.5, 0.6) is 0 Å². The summed E-state index contributed by atoms with van der Waals surface area (Å²) in [6, 6.07) is 6.19. The molecule has 1 aliphatic rings. The van der Waals surface area contributed by atoms with E-state index in [9.17, 15) is 4.79 Å². The van der Waals surface area contributed by atoms with Crippen LogP contribution < -0.4 is 10.6 Å². The van der Waals surface area contributed by atoms with Crippen molar-refractivity contribution in [2.24, 2.45) is 0 Å². The number of ether oxygens (including phenoxy) is 1. The summed E-state index contributed by atoms with van der Waals surface area (Å²) in [4.78, 5) is 12.0. The van der Waals surface area contributed by atoms with Crippen LogP contribution in [-0.4, -0.2) is 36.8 Å². The molecule has 0 aromatic heterocycles. The highest BCUT2D eigenvalue weighted by atomic mass is 32.2. The highest BCUT2D eigenvalue weighted by Gasteiger charge is 2.31. The second kappa shape index (κ2) is 7.88. The van der Waals surface area contributed by atoms with Crippen LogP contribution in [0.2, 0.25) is 0 Å². The van der Waals surface area contributed by atoms with Gasteiger partial charge in [-0.25, -0.2) is 4.79 Å². The Hall–Kier alpha value is -1.20. The lowest BCUT2D eigenvalue weighted by atomic mass is 9.99. The number of amides is 2. The fourth-order valence-electron chi connectivity index (χ4n) is 2.72. The van der Waals surface area contributed by atoms with Gasteiger partial charge >= 0.3 is 6.03 Å². The van der Waals surface area contributed by atoms with E-state index >= 15 is 0 Å². The standard InChI is InChI=1S/C17H26N2O2S/c1-13-4-5-15(14(2)10-13)11-18-16(20)19-12-17(22-3)6-8-21-9-7-17/h4-5,10H,6-9,11-12H2,1-3H3,(H2,18,19,20). The molecule has 0 atom stereocenters. The van der Waals surface area contributed by atoms with Crippen molar-refractivity contribution in [3.8, 4) is 0 Å². The number of carbonyl (C=O) groups excluding carboxylic acids is 1. The van der Waals surface area contributed by atoms with Gasteiger partial charge < -0.3 is 15.4 Å². The van der Waals surface area contributed by atoms with Gasteiger partial charge in [-0.05, 0) is 44.1 Å². The number of carbonyl (C=O) groups is 1. The average Bonchev–Trinajstić information content (AvgIpc) is 2.53. The van der Waals surface area contributed by atoms with Crippen LogP contribution >= 0.6 is 11.8 Å². The van der Waals surface area contributed by atoms with Crippen molar-refractivity contribution in [3.05, 3.63) is 34.9 Å². The summed E-state index contributed by atoms with van der Waals surface area (Å²) in [6.07, 6.45) is 4.09. The third kappa shape index (κ3) is 4.65. The summed E-state index contributed by atoms with van der Waals surface area (Å²) in [6.45, 7) is 6.97. The first-order valence-corrected chi connectivity index (χ1v) is 8.98. The maximum atomic E-state index is 12.0. The van der Waals surface area contributed by atoms with E-state index in [-0.39, 0.29) is 10.8 Å². The van der Waals surface area contributed by atoms with E-state index in [0.717, 1.165) is 31.6 Å². The molecular weight excluding hydrogens is 296 g/mol. The van der Waals surface area contributed by atoms with Crippen LogP contribution in [-0.2, 0) is 11.3 Å². The first kappa shape index (κ1) is 17.2. The molecule has 0 bridgehead atoms. The zero-order valence-corrected chi connectivity index (χ0v) is 14.5. The molecule has 1 saturated heterocycles. The monoisotopic (exact) mass is 322 g/mol. The molecule has 22 heavy (non-hydrogen) atoms. The van der Waals surface area contributed by atoms with Crippen molar-refractivity contribution >= 4 is 17.8 Å². The Labute approximate surface area is 137 Å². The second-order valence-corrected chi connectivity index (χ2v) is 7.24. The van der Waals surface area contributed by atoms with Gasteiger partial charge in [-0.3, -0.25) is 0 Å². The van der Waals surface area contributed by atoms with E-state index in [1.807, 2.05) is 11.8 Å². The molecule has 122 valence electrons. The van der Waals surface area contributed by atoms with Crippen LogP contribution in [0.1, 0.15) is 29.5 Å². The quantitative estimate of drug-likeness (QED) is 0.876. The molecule has 1 fully saturated rings. The van der Waals surface area contributed by atoms with Crippen LogP contribution in [0, 0.1) is 13.8 Å². The molecule has 0 unspecified atom stereocenters. The van der Waals surface area contributed by atoms with Crippen molar-refractivity contribution in [2.45, 2.75) is 38.0 Å². The fraction of sp³-hybridized carbons (Fsp3) is 0.588. The number of thioether (sulfide) groups is 1. The van der Waals surface area contributed by atoms with Crippen molar-refractivity contribution in [3.63, 3.8) is 0 Å². The van der Waals surface area contributed by atoms with Gasteiger partial charge in [-0.15, -0.1) is 0 Å². The predicted molar refractivity (Wildman–Crippen MR) is 92.5 cm³/mol. The topological polar surface area (TPSA) is 50.4 Å². The molecule has 0 radical (unpaired) electrons. The van der Waals surface area contributed by atoms with Crippen molar-refractivity contribution in [1.29, 1.82) is 0 Å². The molecule has 0 spiro atoms. The minimum Gasteiger partial charge on any atom is -0.381 e. The Bertz CT molecular complexity index is 513. The maximum Gasteiger partial charge on any atom is 0.315 e. The van der Waals surface area contributed by atoms with E-state index in [1.165, 1.54) is 11.1 Å². The third-order valence-corrected chi connectivity index (χ3v) is 5.76. The molecule has 1 aromatic rings. The molecule has 0 saturated carbocycles. The SMILES string of the molecule is CSC1(CNC(=O)NCc2ccc(C)cc2C)CCOCC1. The number of aryl methyl sites for hydroxylation is 2. The van der Waals surface area contributed by atoms with E-state index in [0.29, 0.717) is 13.1 Å². The predicted octanol–water partition coefficient (Wildman–Crippen LogP) is 3.01. The van der Waals surface area contributed by atoms with Gasteiger partial charge in [0.25, 0.3) is 0 Å². The van der Waals surface area contributed by atoms with Gasteiger partial charge in [0.2, 0.25) is 0 Å². The minimum atomic E-state index is -0.0973. The summed E-state index contributed by atoms with van der Waals surface area (Å²) < 4.78 is 5.54. The molecule has 1 aliphatic heterocycles. The van der Waals surface area contributed by atoms with E-state index < -0.39 is 0 Å². The Morgan fingerprint density at radius 3 is 2.64 bits per heavy atom. The summed E-state index contributed by atoms with van der Waals surface area (Å²) in [5, 5.41) is 5.97. The lowest BCUT2D eigenvalue weighted by molar-refractivity contribution is 0.0777. The molecule has 2 amide bonds. The molecule has 2 N–H and O–H groups in total. The first-order valence-electron chi connectivity index (χ1n) is 7.75. The average molecular weight is 322 g/mol. The third-order valence-electron chi connectivity index (χ3n) is 4.35. The number of benzene rings is 1. The van der Waals surface area contributed by atoms with Crippen molar-refractivity contribution in [2.75, 3.05) is 26.0 Å². The first-order chi connectivity index (χ1) is 10.5. The zero-order valence-electron chi connectivity index (χ0n) is 13.7.